The van der Waals surface area contributed by atoms with Crippen molar-refractivity contribution >= 4 is 44.3 Å². The van der Waals surface area contributed by atoms with Crippen molar-refractivity contribution in [1.82, 2.24) is 0 Å². The summed E-state index contributed by atoms with van der Waals surface area (Å²) >= 11 is 2.06. The SMILES string of the molecule is C=C(CN(c1ccccc1I)S(=O)(=O)c1ccccc1)C(=O)OC. The molecule has 2 aromatic carbocycles. The fourth-order valence-corrected chi connectivity index (χ4v) is 4.40. The molecule has 0 saturated carbocycles. The molecule has 0 aromatic heterocycles. The third kappa shape index (κ3) is 3.96. The fraction of sp³-hybridized carbons (Fsp3) is 0.118. The van der Waals surface area contributed by atoms with Crippen molar-refractivity contribution in [2.45, 2.75) is 4.90 Å². The summed E-state index contributed by atoms with van der Waals surface area (Å²) in [4.78, 5) is 11.8. The summed E-state index contributed by atoms with van der Waals surface area (Å²) in [5, 5.41) is 0. The van der Waals surface area contributed by atoms with Gasteiger partial charge in [-0.25, -0.2) is 13.2 Å². The second kappa shape index (κ2) is 7.80. The van der Waals surface area contributed by atoms with Crippen molar-refractivity contribution in [3.05, 3.63) is 70.3 Å². The quantitative estimate of drug-likeness (QED) is 0.380. The summed E-state index contributed by atoms with van der Waals surface area (Å²) < 4.78 is 32.7. The molecule has 0 aliphatic heterocycles. The highest BCUT2D eigenvalue weighted by molar-refractivity contribution is 14.1. The Balaban J connectivity index is 2.53. The minimum atomic E-state index is -3.85. The van der Waals surface area contributed by atoms with Crippen LogP contribution < -0.4 is 4.31 Å². The average Bonchev–Trinajstić information content (AvgIpc) is 2.60. The highest BCUT2D eigenvalue weighted by atomic mass is 127. The zero-order valence-corrected chi connectivity index (χ0v) is 16.0. The Morgan fingerprint density at radius 1 is 1.12 bits per heavy atom. The summed E-state index contributed by atoms with van der Waals surface area (Å²) in [6.07, 6.45) is 0. The van der Waals surface area contributed by atoms with Crippen molar-refractivity contribution in [2.75, 3.05) is 18.0 Å². The lowest BCUT2D eigenvalue weighted by Gasteiger charge is -2.25. The third-order valence-electron chi connectivity index (χ3n) is 3.26. The summed E-state index contributed by atoms with van der Waals surface area (Å²) in [6, 6.07) is 15.1. The fourth-order valence-electron chi connectivity index (χ4n) is 2.06. The number of sulfonamides is 1. The van der Waals surface area contributed by atoms with Gasteiger partial charge in [-0.15, -0.1) is 0 Å². The van der Waals surface area contributed by atoms with E-state index >= 15 is 0 Å². The van der Waals surface area contributed by atoms with Crippen LogP contribution in [0.5, 0.6) is 0 Å². The predicted molar refractivity (Wildman–Crippen MR) is 101 cm³/mol. The zero-order chi connectivity index (χ0) is 17.7. The van der Waals surface area contributed by atoms with Crippen molar-refractivity contribution in [2.24, 2.45) is 0 Å². The molecule has 2 rings (SSSR count). The number of hydrogen-bond donors (Lipinski definition) is 0. The zero-order valence-electron chi connectivity index (χ0n) is 13.0. The van der Waals surface area contributed by atoms with Gasteiger partial charge in [0, 0.05) is 3.57 Å². The van der Waals surface area contributed by atoms with Gasteiger partial charge in [0.15, 0.2) is 0 Å². The van der Waals surface area contributed by atoms with E-state index in [9.17, 15) is 13.2 Å². The molecule has 0 aliphatic rings. The van der Waals surface area contributed by atoms with E-state index in [2.05, 4.69) is 33.9 Å². The van der Waals surface area contributed by atoms with Gasteiger partial charge >= 0.3 is 5.97 Å². The van der Waals surface area contributed by atoms with E-state index in [0.717, 1.165) is 3.57 Å². The van der Waals surface area contributed by atoms with Gasteiger partial charge in [-0.3, -0.25) is 4.31 Å². The molecule has 5 nitrogen and oxygen atoms in total. The Morgan fingerprint density at radius 3 is 2.29 bits per heavy atom. The highest BCUT2D eigenvalue weighted by Crippen LogP contribution is 2.28. The van der Waals surface area contributed by atoms with E-state index in [1.165, 1.54) is 23.5 Å². The number of rotatable bonds is 6. The van der Waals surface area contributed by atoms with E-state index in [-0.39, 0.29) is 17.0 Å². The van der Waals surface area contributed by atoms with Crippen LogP contribution in [0, 0.1) is 3.57 Å². The van der Waals surface area contributed by atoms with Gasteiger partial charge in [0.1, 0.15) is 0 Å². The second-order valence-electron chi connectivity index (χ2n) is 4.87. The Hall–Kier alpha value is -1.87. The lowest BCUT2D eigenvalue weighted by Crippen LogP contribution is -2.35. The van der Waals surface area contributed by atoms with Crippen LogP contribution in [0.1, 0.15) is 0 Å². The predicted octanol–water partition coefficient (Wildman–Crippen LogP) is 3.22. The minimum absolute atomic E-state index is 0.0525. The molecule has 0 atom stereocenters. The summed E-state index contributed by atoms with van der Waals surface area (Å²) in [5.74, 6) is -0.644. The molecular weight excluding hydrogens is 441 g/mol. The molecule has 0 saturated heterocycles. The molecule has 126 valence electrons. The minimum Gasteiger partial charge on any atom is -0.466 e. The van der Waals surface area contributed by atoms with Crippen LogP contribution >= 0.6 is 22.6 Å². The highest BCUT2D eigenvalue weighted by Gasteiger charge is 2.28. The molecule has 7 heteroatoms. The number of para-hydroxylation sites is 1. The Morgan fingerprint density at radius 2 is 1.71 bits per heavy atom. The van der Waals surface area contributed by atoms with E-state index in [0.29, 0.717) is 5.69 Å². The third-order valence-corrected chi connectivity index (χ3v) is 5.95. The van der Waals surface area contributed by atoms with Crippen molar-refractivity contribution < 1.29 is 17.9 Å². The first-order chi connectivity index (χ1) is 11.4. The number of nitrogens with zero attached hydrogens (tertiary/aromatic N) is 1. The van der Waals surface area contributed by atoms with Crippen LogP contribution in [0.3, 0.4) is 0 Å². The first kappa shape index (κ1) is 18.5. The summed E-state index contributed by atoms with van der Waals surface area (Å²) in [5.41, 5.74) is 0.531. The molecule has 0 spiro atoms. The number of methoxy groups -OCH3 is 1. The van der Waals surface area contributed by atoms with Gasteiger partial charge in [-0.1, -0.05) is 36.9 Å². The molecule has 0 bridgehead atoms. The van der Waals surface area contributed by atoms with Crippen LogP contribution in [0.4, 0.5) is 5.69 Å². The maximum Gasteiger partial charge on any atom is 0.334 e. The number of ether oxygens (including phenoxy) is 1. The van der Waals surface area contributed by atoms with Crippen LogP contribution in [0.2, 0.25) is 0 Å². The second-order valence-corrected chi connectivity index (χ2v) is 7.90. The van der Waals surface area contributed by atoms with Gasteiger partial charge < -0.3 is 4.74 Å². The van der Waals surface area contributed by atoms with Gasteiger partial charge in [-0.05, 0) is 46.9 Å². The lowest BCUT2D eigenvalue weighted by atomic mass is 10.2. The Labute approximate surface area is 155 Å². The average molecular weight is 457 g/mol. The van der Waals surface area contributed by atoms with Gasteiger partial charge in [-0.2, -0.15) is 0 Å². The van der Waals surface area contributed by atoms with Gasteiger partial charge in [0.25, 0.3) is 10.0 Å². The maximum absolute atomic E-state index is 13.1. The lowest BCUT2D eigenvalue weighted by molar-refractivity contribution is -0.136. The number of esters is 1. The van der Waals surface area contributed by atoms with E-state index in [1.807, 2.05) is 6.07 Å². The molecule has 0 radical (unpaired) electrons. The molecule has 24 heavy (non-hydrogen) atoms. The van der Waals surface area contributed by atoms with E-state index in [4.69, 9.17) is 0 Å². The van der Waals surface area contributed by atoms with E-state index < -0.39 is 16.0 Å². The smallest absolute Gasteiger partial charge is 0.334 e. The standard InChI is InChI=1S/C17H16INO4S/c1-13(17(20)23-2)12-19(16-11-7-6-10-15(16)18)24(21,22)14-8-4-3-5-9-14/h3-11H,1,12H2,2H3. The van der Waals surface area contributed by atoms with Crippen molar-refractivity contribution in [3.8, 4) is 0 Å². The Bertz CT molecular complexity index is 850. The number of halogens is 1. The molecule has 0 aliphatic carbocycles. The van der Waals surface area contributed by atoms with Crippen LogP contribution in [-0.4, -0.2) is 28.0 Å². The molecule has 0 N–H and O–H groups in total. The molecule has 0 heterocycles. The monoisotopic (exact) mass is 457 g/mol. The van der Waals surface area contributed by atoms with Crippen molar-refractivity contribution in [1.29, 1.82) is 0 Å². The number of benzene rings is 2. The summed E-state index contributed by atoms with van der Waals surface area (Å²) in [7, 11) is -2.62. The molecular formula is C17H16INO4S. The van der Waals surface area contributed by atoms with E-state index in [1.54, 1.807) is 36.4 Å². The van der Waals surface area contributed by atoms with Crippen LogP contribution in [0.15, 0.2) is 71.6 Å². The molecule has 2 aromatic rings. The van der Waals surface area contributed by atoms with Crippen molar-refractivity contribution in [3.63, 3.8) is 0 Å². The maximum atomic E-state index is 13.1. The largest absolute Gasteiger partial charge is 0.466 e. The molecule has 0 amide bonds. The number of hydrogen-bond acceptors (Lipinski definition) is 4. The van der Waals surface area contributed by atoms with Crippen LogP contribution in [-0.2, 0) is 19.6 Å². The topological polar surface area (TPSA) is 63.7 Å². The first-order valence-electron chi connectivity index (χ1n) is 6.96. The Kier molecular flexibility index (Phi) is 6.00. The van der Waals surface area contributed by atoms with Gasteiger partial charge in [0.05, 0.1) is 29.8 Å². The number of carbonyl (C=O) groups is 1. The molecule has 0 fully saturated rings. The molecule has 0 unspecified atom stereocenters. The van der Waals surface area contributed by atoms with Gasteiger partial charge in [0.2, 0.25) is 0 Å². The number of carbonyl (C=O) groups excluding carboxylic acids is 1. The normalized spacial score (nSPS) is 10.9. The van der Waals surface area contributed by atoms with Crippen LogP contribution in [0.25, 0.3) is 0 Å². The number of anilines is 1. The summed E-state index contributed by atoms with van der Waals surface area (Å²) in [6.45, 7) is 3.45. The first-order valence-corrected chi connectivity index (χ1v) is 9.48.